The standard InChI is InChI=1S/C18H14N2O3/c21-18(22)16-9-5-4-8-15(16)17-11-10-14(23-17)12-19-20-13-6-2-1-3-7-13/h1-12,20H,(H,21,22)/b19-12+. The molecule has 5 heteroatoms. The number of hydrogen-bond donors (Lipinski definition) is 2. The predicted molar refractivity (Wildman–Crippen MR) is 88.8 cm³/mol. The van der Waals surface area contributed by atoms with Gasteiger partial charge in [0, 0.05) is 5.56 Å². The Morgan fingerprint density at radius 2 is 1.74 bits per heavy atom. The summed E-state index contributed by atoms with van der Waals surface area (Å²) in [5, 5.41) is 13.3. The average molecular weight is 306 g/mol. The van der Waals surface area contributed by atoms with E-state index >= 15 is 0 Å². The van der Waals surface area contributed by atoms with Gasteiger partial charge in [0.1, 0.15) is 11.5 Å². The summed E-state index contributed by atoms with van der Waals surface area (Å²) in [6.45, 7) is 0. The van der Waals surface area contributed by atoms with Crippen LogP contribution in [0, 0.1) is 0 Å². The minimum absolute atomic E-state index is 0.202. The van der Waals surface area contributed by atoms with Crippen molar-refractivity contribution < 1.29 is 14.3 Å². The molecule has 2 aromatic carbocycles. The minimum atomic E-state index is -0.988. The number of nitrogens with one attached hydrogen (secondary N) is 1. The van der Waals surface area contributed by atoms with E-state index in [-0.39, 0.29) is 5.56 Å². The van der Waals surface area contributed by atoms with Crippen molar-refractivity contribution in [2.45, 2.75) is 0 Å². The number of anilines is 1. The van der Waals surface area contributed by atoms with Crippen LogP contribution >= 0.6 is 0 Å². The molecule has 0 aliphatic carbocycles. The van der Waals surface area contributed by atoms with Crippen molar-refractivity contribution in [3.63, 3.8) is 0 Å². The van der Waals surface area contributed by atoms with Gasteiger partial charge in [-0.25, -0.2) is 4.79 Å². The minimum Gasteiger partial charge on any atom is -0.478 e. The zero-order valence-electron chi connectivity index (χ0n) is 12.1. The topological polar surface area (TPSA) is 74.8 Å². The Balaban J connectivity index is 1.77. The van der Waals surface area contributed by atoms with Gasteiger partial charge in [0.15, 0.2) is 0 Å². The van der Waals surface area contributed by atoms with Crippen LogP contribution in [0.3, 0.4) is 0 Å². The highest BCUT2D eigenvalue weighted by molar-refractivity contribution is 5.95. The van der Waals surface area contributed by atoms with E-state index in [4.69, 9.17) is 4.42 Å². The molecule has 3 aromatic rings. The molecule has 5 nitrogen and oxygen atoms in total. The summed E-state index contributed by atoms with van der Waals surface area (Å²) in [5.74, 6) is 0.0331. The smallest absolute Gasteiger partial charge is 0.336 e. The largest absolute Gasteiger partial charge is 0.478 e. The fraction of sp³-hybridized carbons (Fsp3) is 0. The fourth-order valence-corrected chi connectivity index (χ4v) is 2.13. The lowest BCUT2D eigenvalue weighted by Gasteiger charge is -2.02. The van der Waals surface area contributed by atoms with E-state index in [1.807, 2.05) is 30.3 Å². The number of para-hydroxylation sites is 1. The van der Waals surface area contributed by atoms with Crippen molar-refractivity contribution in [3.8, 4) is 11.3 Å². The number of nitrogens with zero attached hydrogens (tertiary/aromatic N) is 1. The maximum Gasteiger partial charge on any atom is 0.336 e. The van der Waals surface area contributed by atoms with Gasteiger partial charge in [-0.3, -0.25) is 5.43 Å². The number of carboxylic acid groups (broad SMARTS) is 1. The number of furan rings is 1. The second-order valence-electron chi connectivity index (χ2n) is 4.79. The maximum absolute atomic E-state index is 11.3. The summed E-state index contributed by atoms with van der Waals surface area (Å²) in [4.78, 5) is 11.3. The van der Waals surface area contributed by atoms with Crippen molar-refractivity contribution in [2.24, 2.45) is 5.10 Å². The molecular weight excluding hydrogens is 292 g/mol. The Morgan fingerprint density at radius 3 is 2.52 bits per heavy atom. The zero-order valence-corrected chi connectivity index (χ0v) is 12.1. The van der Waals surface area contributed by atoms with Gasteiger partial charge in [-0.15, -0.1) is 0 Å². The lowest BCUT2D eigenvalue weighted by molar-refractivity contribution is 0.0697. The number of carboxylic acids is 1. The number of rotatable bonds is 5. The molecule has 2 N–H and O–H groups in total. The van der Waals surface area contributed by atoms with Crippen LogP contribution < -0.4 is 5.43 Å². The Morgan fingerprint density at radius 1 is 1.00 bits per heavy atom. The molecule has 0 unspecified atom stereocenters. The third-order valence-electron chi connectivity index (χ3n) is 3.21. The number of benzene rings is 2. The zero-order chi connectivity index (χ0) is 16.1. The normalized spacial score (nSPS) is 10.8. The molecule has 0 atom stereocenters. The van der Waals surface area contributed by atoms with Gasteiger partial charge in [0.05, 0.1) is 17.5 Å². The van der Waals surface area contributed by atoms with E-state index in [1.165, 1.54) is 0 Å². The van der Waals surface area contributed by atoms with E-state index in [1.54, 1.807) is 42.6 Å². The van der Waals surface area contributed by atoms with Crippen molar-refractivity contribution >= 4 is 17.9 Å². The molecule has 1 aromatic heterocycles. The van der Waals surface area contributed by atoms with Crippen LogP contribution in [-0.4, -0.2) is 17.3 Å². The second-order valence-corrected chi connectivity index (χ2v) is 4.79. The average Bonchev–Trinajstić information content (AvgIpc) is 3.04. The van der Waals surface area contributed by atoms with Crippen molar-refractivity contribution in [2.75, 3.05) is 5.43 Å². The monoisotopic (exact) mass is 306 g/mol. The van der Waals surface area contributed by atoms with Gasteiger partial charge in [-0.2, -0.15) is 5.10 Å². The molecule has 0 amide bonds. The molecule has 0 fully saturated rings. The van der Waals surface area contributed by atoms with Crippen molar-refractivity contribution in [3.05, 3.63) is 78.1 Å². The summed E-state index contributed by atoms with van der Waals surface area (Å²) in [7, 11) is 0. The van der Waals surface area contributed by atoms with Crippen molar-refractivity contribution in [1.29, 1.82) is 0 Å². The SMILES string of the molecule is O=C(O)c1ccccc1-c1ccc(/C=N/Nc2ccccc2)o1. The van der Waals surface area contributed by atoms with Gasteiger partial charge < -0.3 is 9.52 Å². The van der Waals surface area contributed by atoms with Crippen LogP contribution in [0.25, 0.3) is 11.3 Å². The van der Waals surface area contributed by atoms with Crippen LogP contribution in [0.5, 0.6) is 0 Å². The molecule has 3 rings (SSSR count). The first-order chi connectivity index (χ1) is 11.2. The van der Waals surface area contributed by atoms with Crippen molar-refractivity contribution in [1.82, 2.24) is 0 Å². The summed E-state index contributed by atoms with van der Waals surface area (Å²) >= 11 is 0. The molecular formula is C18H14N2O3. The van der Waals surface area contributed by atoms with E-state index in [0.717, 1.165) is 5.69 Å². The Bertz CT molecular complexity index is 838. The number of carbonyl (C=O) groups is 1. The highest BCUT2D eigenvalue weighted by atomic mass is 16.4. The number of hydrogen-bond acceptors (Lipinski definition) is 4. The van der Waals surface area contributed by atoms with Crippen LogP contribution in [0.15, 0.2) is 76.2 Å². The molecule has 1 heterocycles. The molecule has 0 spiro atoms. The van der Waals surface area contributed by atoms with Gasteiger partial charge in [-0.05, 0) is 30.3 Å². The lowest BCUT2D eigenvalue weighted by atomic mass is 10.1. The molecule has 0 saturated carbocycles. The predicted octanol–water partition coefficient (Wildman–Crippen LogP) is 4.09. The second kappa shape index (κ2) is 6.62. The highest BCUT2D eigenvalue weighted by Crippen LogP contribution is 2.25. The molecule has 0 aliphatic heterocycles. The van der Waals surface area contributed by atoms with Gasteiger partial charge in [0.25, 0.3) is 0 Å². The highest BCUT2D eigenvalue weighted by Gasteiger charge is 2.13. The van der Waals surface area contributed by atoms with E-state index in [0.29, 0.717) is 17.1 Å². The van der Waals surface area contributed by atoms with E-state index in [2.05, 4.69) is 10.5 Å². The quantitative estimate of drug-likeness (QED) is 0.550. The van der Waals surface area contributed by atoms with Gasteiger partial charge >= 0.3 is 5.97 Å². The molecule has 0 saturated heterocycles. The van der Waals surface area contributed by atoms with Gasteiger partial charge in [-0.1, -0.05) is 36.4 Å². The van der Waals surface area contributed by atoms with E-state index < -0.39 is 5.97 Å². The van der Waals surface area contributed by atoms with Crippen LogP contribution in [0.2, 0.25) is 0 Å². The van der Waals surface area contributed by atoms with Gasteiger partial charge in [0.2, 0.25) is 0 Å². The number of aromatic carboxylic acids is 1. The summed E-state index contributed by atoms with van der Waals surface area (Å²) in [6.07, 6.45) is 1.54. The summed E-state index contributed by atoms with van der Waals surface area (Å²) < 4.78 is 5.65. The molecule has 114 valence electrons. The Kier molecular flexibility index (Phi) is 4.20. The van der Waals surface area contributed by atoms with E-state index in [9.17, 15) is 9.90 Å². The molecule has 23 heavy (non-hydrogen) atoms. The summed E-state index contributed by atoms with van der Waals surface area (Å²) in [6, 6.07) is 19.7. The fourth-order valence-electron chi connectivity index (χ4n) is 2.13. The molecule has 0 aliphatic rings. The van der Waals surface area contributed by atoms with Crippen LogP contribution in [0.4, 0.5) is 5.69 Å². The first kappa shape index (κ1) is 14.6. The van der Waals surface area contributed by atoms with Crippen LogP contribution in [0.1, 0.15) is 16.1 Å². The number of hydrazone groups is 1. The molecule has 0 bridgehead atoms. The van der Waals surface area contributed by atoms with Crippen LogP contribution in [-0.2, 0) is 0 Å². The Labute approximate surface area is 132 Å². The molecule has 0 radical (unpaired) electrons. The lowest BCUT2D eigenvalue weighted by Crippen LogP contribution is -1.98. The third-order valence-corrected chi connectivity index (χ3v) is 3.21. The first-order valence-corrected chi connectivity index (χ1v) is 7.01. The third kappa shape index (κ3) is 3.47. The maximum atomic E-state index is 11.3. The Hall–Kier alpha value is -3.34. The first-order valence-electron chi connectivity index (χ1n) is 7.01. The summed E-state index contributed by atoms with van der Waals surface area (Å²) in [5.41, 5.74) is 4.49.